The predicted molar refractivity (Wildman–Crippen MR) is 51.5 cm³/mol. The van der Waals surface area contributed by atoms with Crippen LogP contribution in [0.4, 0.5) is 8.78 Å². The summed E-state index contributed by atoms with van der Waals surface area (Å²) in [6.07, 6.45) is -1.39. The topological polar surface area (TPSA) is 12.9 Å². The second kappa shape index (κ2) is 4.53. The van der Waals surface area contributed by atoms with Crippen LogP contribution in [0.15, 0.2) is 10.7 Å². The van der Waals surface area contributed by atoms with Gasteiger partial charge in [0.1, 0.15) is 5.69 Å². The second-order valence-electron chi connectivity index (χ2n) is 2.23. The van der Waals surface area contributed by atoms with E-state index in [1.165, 1.54) is 6.20 Å². The molecule has 0 aromatic carbocycles. The Hall–Kier alpha value is 0.0700. The predicted octanol–water partition coefficient (Wildman–Crippen LogP) is 4.17. The lowest BCUT2D eigenvalue weighted by Gasteiger charge is -2.06. The minimum absolute atomic E-state index is 0.0758. The van der Waals surface area contributed by atoms with Crippen molar-refractivity contribution in [3.63, 3.8) is 0 Å². The third-order valence-electron chi connectivity index (χ3n) is 1.41. The van der Waals surface area contributed by atoms with E-state index in [-0.39, 0.29) is 10.9 Å². The Labute approximate surface area is 92.2 Å². The van der Waals surface area contributed by atoms with Gasteiger partial charge >= 0.3 is 0 Å². The average molecular weight is 291 g/mol. The van der Waals surface area contributed by atoms with E-state index in [9.17, 15) is 8.78 Å². The molecular weight excluding hydrogens is 287 g/mol. The van der Waals surface area contributed by atoms with Crippen molar-refractivity contribution in [2.75, 3.05) is 0 Å². The molecule has 0 unspecified atom stereocenters. The second-order valence-corrected chi connectivity index (χ2v) is 3.67. The highest BCUT2D eigenvalue weighted by atomic mass is 79.9. The molecule has 0 fully saturated rings. The molecular formula is C7H4BrCl2F2N. The van der Waals surface area contributed by atoms with Crippen LogP contribution in [0.3, 0.4) is 0 Å². The molecule has 0 N–H and O–H groups in total. The van der Waals surface area contributed by atoms with E-state index in [1.807, 2.05) is 0 Å². The van der Waals surface area contributed by atoms with E-state index in [0.717, 1.165) is 0 Å². The summed E-state index contributed by atoms with van der Waals surface area (Å²) in [6.45, 7) is 0. The Morgan fingerprint density at radius 2 is 2.15 bits per heavy atom. The molecule has 1 aromatic heterocycles. The van der Waals surface area contributed by atoms with Gasteiger partial charge in [0.05, 0.1) is 10.9 Å². The third-order valence-corrected chi connectivity index (χ3v) is 3.21. The first-order chi connectivity index (χ1) is 6.07. The van der Waals surface area contributed by atoms with Crippen molar-refractivity contribution in [1.82, 2.24) is 4.98 Å². The number of pyridine rings is 1. The van der Waals surface area contributed by atoms with E-state index in [4.69, 9.17) is 23.2 Å². The van der Waals surface area contributed by atoms with Crippen molar-refractivity contribution in [3.05, 3.63) is 26.9 Å². The molecule has 0 saturated carbocycles. The van der Waals surface area contributed by atoms with Gasteiger partial charge in [-0.25, -0.2) is 8.78 Å². The van der Waals surface area contributed by atoms with Crippen LogP contribution >= 0.6 is 39.1 Å². The van der Waals surface area contributed by atoms with Crippen LogP contribution in [0.25, 0.3) is 0 Å². The average Bonchev–Trinajstić information content (AvgIpc) is 2.09. The molecule has 0 bridgehead atoms. The van der Waals surface area contributed by atoms with Crippen molar-refractivity contribution in [2.24, 2.45) is 0 Å². The molecule has 0 radical (unpaired) electrons. The molecule has 0 spiro atoms. The smallest absolute Gasteiger partial charge is 0.253 e. The third kappa shape index (κ3) is 2.30. The minimum atomic E-state index is -2.67. The summed E-state index contributed by atoms with van der Waals surface area (Å²) < 4.78 is 24.9. The molecule has 1 rings (SSSR count). The van der Waals surface area contributed by atoms with Gasteiger partial charge in [0.25, 0.3) is 6.43 Å². The van der Waals surface area contributed by atoms with Crippen molar-refractivity contribution in [1.29, 1.82) is 0 Å². The molecule has 1 nitrogen and oxygen atoms in total. The summed E-state index contributed by atoms with van der Waals surface area (Å²) in [4.78, 5) is 3.51. The maximum Gasteiger partial charge on any atom is 0.281 e. The van der Waals surface area contributed by atoms with Crippen LogP contribution in [-0.2, 0) is 5.88 Å². The SMILES string of the molecule is FC(F)c1ncc(CCl)c(Br)c1Cl. The first-order valence-electron chi connectivity index (χ1n) is 3.24. The van der Waals surface area contributed by atoms with Crippen molar-refractivity contribution in [3.8, 4) is 0 Å². The first kappa shape index (κ1) is 11.1. The number of aromatic nitrogens is 1. The van der Waals surface area contributed by atoms with Gasteiger partial charge in [-0.3, -0.25) is 4.98 Å². The Morgan fingerprint density at radius 1 is 1.54 bits per heavy atom. The van der Waals surface area contributed by atoms with E-state index < -0.39 is 12.1 Å². The zero-order valence-electron chi connectivity index (χ0n) is 6.20. The Morgan fingerprint density at radius 3 is 2.62 bits per heavy atom. The van der Waals surface area contributed by atoms with Crippen molar-refractivity contribution in [2.45, 2.75) is 12.3 Å². The van der Waals surface area contributed by atoms with Crippen LogP contribution in [0, 0.1) is 0 Å². The van der Waals surface area contributed by atoms with Crippen molar-refractivity contribution >= 4 is 39.1 Å². The monoisotopic (exact) mass is 289 g/mol. The molecule has 0 saturated heterocycles. The summed E-state index contributed by atoms with van der Waals surface area (Å²) in [7, 11) is 0. The fourth-order valence-electron chi connectivity index (χ4n) is 0.760. The van der Waals surface area contributed by atoms with Gasteiger partial charge < -0.3 is 0 Å². The van der Waals surface area contributed by atoms with E-state index in [2.05, 4.69) is 20.9 Å². The Bertz CT molecular complexity index is 320. The van der Waals surface area contributed by atoms with Gasteiger partial charge in [-0.05, 0) is 15.9 Å². The Kier molecular flexibility index (Phi) is 3.88. The van der Waals surface area contributed by atoms with Gasteiger partial charge in [0, 0.05) is 16.2 Å². The van der Waals surface area contributed by atoms with Crippen LogP contribution < -0.4 is 0 Å². The first-order valence-corrected chi connectivity index (χ1v) is 4.95. The maximum atomic E-state index is 12.2. The van der Waals surface area contributed by atoms with E-state index in [0.29, 0.717) is 10.0 Å². The summed E-state index contributed by atoms with van der Waals surface area (Å²) >= 11 is 14.2. The summed E-state index contributed by atoms with van der Waals surface area (Å²) in [5.41, 5.74) is 0.165. The number of nitrogens with zero attached hydrogens (tertiary/aromatic N) is 1. The molecule has 13 heavy (non-hydrogen) atoms. The fourth-order valence-corrected chi connectivity index (χ4v) is 1.82. The van der Waals surface area contributed by atoms with Crippen LogP contribution in [0.1, 0.15) is 17.7 Å². The summed E-state index contributed by atoms with van der Waals surface area (Å²) in [5.74, 6) is 0.177. The highest BCUT2D eigenvalue weighted by molar-refractivity contribution is 9.10. The number of rotatable bonds is 2. The zero-order valence-corrected chi connectivity index (χ0v) is 9.30. The molecule has 1 aromatic rings. The van der Waals surface area contributed by atoms with Gasteiger partial charge in [0.2, 0.25) is 0 Å². The van der Waals surface area contributed by atoms with Crippen LogP contribution in [-0.4, -0.2) is 4.98 Å². The molecule has 0 aliphatic rings. The largest absolute Gasteiger partial charge is 0.281 e. The lowest BCUT2D eigenvalue weighted by Crippen LogP contribution is -1.95. The van der Waals surface area contributed by atoms with Crippen LogP contribution in [0.2, 0.25) is 5.02 Å². The van der Waals surface area contributed by atoms with E-state index in [1.54, 1.807) is 0 Å². The van der Waals surface area contributed by atoms with E-state index >= 15 is 0 Å². The minimum Gasteiger partial charge on any atom is -0.253 e. The lowest BCUT2D eigenvalue weighted by molar-refractivity contribution is 0.146. The molecule has 1 heterocycles. The Balaban J connectivity index is 3.23. The van der Waals surface area contributed by atoms with Gasteiger partial charge in [-0.2, -0.15) is 0 Å². The zero-order chi connectivity index (χ0) is 10.0. The number of hydrogen-bond donors (Lipinski definition) is 0. The number of alkyl halides is 3. The normalized spacial score (nSPS) is 10.9. The van der Waals surface area contributed by atoms with Crippen molar-refractivity contribution < 1.29 is 8.78 Å². The molecule has 0 amide bonds. The molecule has 6 heteroatoms. The highest BCUT2D eigenvalue weighted by Gasteiger charge is 2.17. The van der Waals surface area contributed by atoms with Gasteiger partial charge in [-0.15, -0.1) is 11.6 Å². The molecule has 0 aliphatic heterocycles. The summed E-state index contributed by atoms with van der Waals surface area (Å²) in [5, 5.41) is -0.0758. The van der Waals surface area contributed by atoms with Crippen LogP contribution in [0.5, 0.6) is 0 Å². The summed E-state index contributed by atoms with van der Waals surface area (Å²) in [6, 6.07) is 0. The number of hydrogen-bond acceptors (Lipinski definition) is 1. The quantitative estimate of drug-likeness (QED) is 0.745. The standard InChI is InChI=1S/C7H4BrCl2F2N/c8-4-3(1-9)2-13-6(5(4)10)7(11)12/h2,7H,1H2. The molecule has 0 aliphatic carbocycles. The fraction of sp³-hybridized carbons (Fsp3) is 0.286. The number of halogens is 5. The molecule has 72 valence electrons. The molecule has 0 atom stereocenters. The highest BCUT2D eigenvalue weighted by Crippen LogP contribution is 2.33. The maximum absolute atomic E-state index is 12.2. The van der Waals surface area contributed by atoms with Gasteiger partial charge in [0.15, 0.2) is 0 Å². The van der Waals surface area contributed by atoms with Gasteiger partial charge in [-0.1, -0.05) is 11.6 Å². The lowest BCUT2D eigenvalue weighted by atomic mass is 10.3.